The van der Waals surface area contributed by atoms with Crippen molar-refractivity contribution in [2.24, 2.45) is 5.73 Å². The molecule has 0 atom stereocenters. The number of aromatic amines is 1. The van der Waals surface area contributed by atoms with Gasteiger partial charge in [-0.15, -0.1) is 0 Å². The van der Waals surface area contributed by atoms with E-state index in [-0.39, 0.29) is 30.3 Å². The molecular formula is C20H16F5N5O2. The van der Waals surface area contributed by atoms with Crippen molar-refractivity contribution in [3.05, 3.63) is 76.6 Å². The molecule has 1 heterocycles. The molecule has 0 bridgehead atoms. The predicted octanol–water partition coefficient (Wildman–Crippen LogP) is 3.60. The van der Waals surface area contributed by atoms with Crippen molar-refractivity contribution in [2.75, 3.05) is 10.6 Å². The van der Waals surface area contributed by atoms with Crippen molar-refractivity contribution in [1.82, 2.24) is 10.2 Å². The smallest absolute Gasteiger partial charge is 0.378 e. The third kappa shape index (κ3) is 5.59. The van der Waals surface area contributed by atoms with E-state index in [0.29, 0.717) is 17.3 Å². The van der Waals surface area contributed by atoms with E-state index in [9.17, 15) is 31.5 Å². The first-order valence-electron chi connectivity index (χ1n) is 9.05. The number of aromatic nitrogens is 2. The summed E-state index contributed by atoms with van der Waals surface area (Å²) in [6.07, 6.45) is -3.75. The highest BCUT2D eigenvalue weighted by Gasteiger charge is 2.31. The molecule has 32 heavy (non-hydrogen) atoms. The number of nitrogens with two attached hydrogens (primary N) is 1. The summed E-state index contributed by atoms with van der Waals surface area (Å²) in [7, 11) is 0. The van der Waals surface area contributed by atoms with Crippen molar-refractivity contribution in [1.29, 1.82) is 0 Å². The van der Waals surface area contributed by atoms with Crippen molar-refractivity contribution in [3.8, 4) is 0 Å². The molecule has 0 radical (unpaired) electrons. The zero-order chi connectivity index (χ0) is 23.5. The quantitative estimate of drug-likeness (QED) is 0.410. The van der Waals surface area contributed by atoms with E-state index in [1.807, 2.05) is 0 Å². The van der Waals surface area contributed by atoms with Gasteiger partial charge in [0, 0.05) is 6.54 Å². The molecule has 12 heteroatoms. The topological polar surface area (TPSA) is 113 Å². The highest BCUT2D eigenvalue weighted by atomic mass is 19.4. The summed E-state index contributed by atoms with van der Waals surface area (Å²) in [5, 5.41) is 11.1. The van der Waals surface area contributed by atoms with Gasteiger partial charge >= 0.3 is 6.18 Å². The van der Waals surface area contributed by atoms with Crippen molar-refractivity contribution in [3.63, 3.8) is 0 Å². The number of hydrogen-bond donors (Lipinski definition) is 4. The van der Waals surface area contributed by atoms with Crippen LogP contribution in [0.25, 0.3) is 0 Å². The number of amides is 2. The number of anilines is 2. The molecule has 0 unspecified atom stereocenters. The zero-order valence-corrected chi connectivity index (χ0v) is 16.2. The van der Waals surface area contributed by atoms with Crippen molar-refractivity contribution < 1.29 is 31.5 Å². The van der Waals surface area contributed by atoms with Crippen LogP contribution in [0.1, 0.15) is 27.2 Å². The molecule has 0 saturated carbocycles. The number of hydrogen-bond acceptors (Lipinski definition) is 4. The Morgan fingerprint density at radius 3 is 2.41 bits per heavy atom. The van der Waals surface area contributed by atoms with Gasteiger partial charge in [0.2, 0.25) is 5.91 Å². The fourth-order valence-corrected chi connectivity index (χ4v) is 2.90. The van der Waals surface area contributed by atoms with Crippen LogP contribution in [-0.4, -0.2) is 22.0 Å². The maximum atomic E-state index is 14.0. The number of H-pyrrole nitrogens is 1. The third-order valence-electron chi connectivity index (χ3n) is 4.32. The second-order valence-electron chi connectivity index (χ2n) is 6.76. The van der Waals surface area contributed by atoms with Gasteiger partial charge in [0.1, 0.15) is 17.3 Å². The molecule has 1 aromatic heterocycles. The summed E-state index contributed by atoms with van der Waals surface area (Å²) in [6.45, 7) is 0.0692. The Hall–Kier alpha value is -3.96. The Morgan fingerprint density at radius 2 is 1.75 bits per heavy atom. The Morgan fingerprint density at radius 1 is 1.03 bits per heavy atom. The van der Waals surface area contributed by atoms with E-state index in [1.165, 1.54) is 18.3 Å². The van der Waals surface area contributed by atoms with Gasteiger partial charge in [-0.25, -0.2) is 8.78 Å². The minimum absolute atomic E-state index is 0.0413. The number of nitrogens with zero attached hydrogens (tertiary/aromatic N) is 1. The summed E-state index contributed by atoms with van der Waals surface area (Å²) >= 11 is 0. The number of primary amides is 1. The lowest BCUT2D eigenvalue weighted by Crippen LogP contribution is -2.16. The summed E-state index contributed by atoms with van der Waals surface area (Å²) in [5.74, 6) is -3.38. The van der Waals surface area contributed by atoms with Crippen LogP contribution in [0, 0.1) is 11.6 Å². The van der Waals surface area contributed by atoms with E-state index in [0.717, 1.165) is 12.1 Å². The van der Waals surface area contributed by atoms with Crippen LogP contribution in [0.15, 0.2) is 42.6 Å². The first-order valence-corrected chi connectivity index (χ1v) is 9.05. The van der Waals surface area contributed by atoms with Gasteiger partial charge in [0.25, 0.3) is 5.91 Å². The van der Waals surface area contributed by atoms with E-state index in [2.05, 4.69) is 20.8 Å². The van der Waals surface area contributed by atoms with Crippen LogP contribution in [0.5, 0.6) is 0 Å². The fourth-order valence-electron chi connectivity index (χ4n) is 2.90. The monoisotopic (exact) mass is 453 g/mol. The number of rotatable bonds is 7. The van der Waals surface area contributed by atoms with Gasteiger partial charge < -0.3 is 16.4 Å². The first-order chi connectivity index (χ1) is 15.0. The van der Waals surface area contributed by atoms with E-state index in [1.54, 1.807) is 0 Å². The van der Waals surface area contributed by atoms with Gasteiger partial charge in [-0.3, -0.25) is 14.7 Å². The molecule has 3 aromatic rings. The first kappa shape index (κ1) is 22.7. The van der Waals surface area contributed by atoms with Gasteiger partial charge in [-0.05, 0) is 41.5 Å². The normalized spacial score (nSPS) is 11.3. The fraction of sp³-hybridized carbons (Fsp3) is 0.150. The van der Waals surface area contributed by atoms with Crippen LogP contribution in [0.2, 0.25) is 0 Å². The molecular weight excluding hydrogens is 437 g/mol. The summed E-state index contributed by atoms with van der Waals surface area (Å²) in [4.78, 5) is 23.5. The molecule has 0 fully saturated rings. The van der Waals surface area contributed by atoms with Crippen LogP contribution in [0.3, 0.4) is 0 Å². The summed E-state index contributed by atoms with van der Waals surface area (Å²) < 4.78 is 65.7. The van der Waals surface area contributed by atoms with E-state index in [4.69, 9.17) is 5.73 Å². The standard InChI is InChI=1S/C20H16F5N5O2/c21-13-4-10(3-11(5-13)8-27-16-9-28-30-18(16)19(26)32)6-17(31)29-15-2-1-12(7-14(15)22)20(23,24)25/h1-5,7,9,27H,6,8H2,(H2,26,32)(H,28,30)(H,29,31). The molecule has 0 spiro atoms. The Balaban J connectivity index is 1.67. The van der Waals surface area contributed by atoms with E-state index >= 15 is 0 Å². The minimum atomic E-state index is -4.72. The largest absolute Gasteiger partial charge is 0.416 e. The molecule has 0 aliphatic heterocycles. The second-order valence-corrected chi connectivity index (χ2v) is 6.76. The molecule has 168 valence electrons. The molecule has 7 nitrogen and oxygen atoms in total. The predicted molar refractivity (Wildman–Crippen MR) is 105 cm³/mol. The van der Waals surface area contributed by atoms with Gasteiger partial charge in [0.05, 0.1) is 29.6 Å². The molecule has 0 aliphatic carbocycles. The van der Waals surface area contributed by atoms with Gasteiger partial charge in [-0.2, -0.15) is 18.3 Å². The van der Waals surface area contributed by atoms with Gasteiger partial charge in [-0.1, -0.05) is 6.07 Å². The van der Waals surface area contributed by atoms with Crippen LogP contribution in [-0.2, 0) is 23.9 Å². The van der Waals surface area contributed by atoms with Crippen LogP contribution >= 0.6 is 0 Å². The van der Waals surface area contributed by atoms with Gasteiger partial charge in [0.15, 0.2) is 0 Å². The highest BCUT2D eigenvalue weighted by molar-refractivity contribution is 5.96. The molecule has 5 N–H and O–H groups in total. The molecule has 2 aromatic carbocycles. The molecule has 0 aliphatic rings. The SMILES string of the molecule is NC(=O)c1[nH]ncc1NCc1cc(F)cc(CC(=O)Nc2ccc(C(F)(F)F)cc2F)c1. The maximum Gasteiger partial charge on any atom is 0.416 e. The maximum absolute atomic E-state index is 14.0. The average molecular weight is 453 g/mol. The van der Waals surface area contributed by atoms with Crippen LogP contribution < -0.4 is 16.4 Å². The number of carbonyl (C=O) groups excluding carboxylic acids is 2. The van der Waals surface area contributed by atoms with Crippen molar-refractivity contribution in [2.45, 2.75) is 19.1 Å². The average Bonchev–Trinajstić information content (AvgIpc) is 3.15. The Labute approximate surface area is 177 Å². The molecule has 2 amide bonds. The van der Waals surface area contributed by atoms with E-state index < -0.39 is 40.9 Å². The lowest BCUT2D eigenvalue weighted by atomic mass is 10.1. The Bertz CT molecular complexity index is 1160. The summed E-state index contributed by atoms with van der Waals surface area (Å²) in [6, 6.07) is 5.52. The number of alkyl halides is 3. The second kappa shape index (κ2) is 9.04. The zero-order valence-electron chi connectivity index (χ0n) is 16.2. The minimum Gasteiger partial charge on any atom is -0.378 e. The molecule has 0 saturated heterocycles. The lowest BCUT2D eigenvalue weighted by Gasteiger charge is -2.11. The number of carbonyl (C=O) groups is 2. The number of halogens is 5. The third-order valence-corrected chi connectivity index (χ3v) is 4.32. The lowest BCUT2D eigenvalue weighted by molar-refractivity contribution is -0.137. The van der Waals surface area contributed by atoms with Crippen LogP contribution in [0.4, 0.5) is 33.3 Å². The number of nitrogens with one attached hydrogen (secondary N) is 3. The van der Waals surface area contributed by atoms with Crippen molar-refractivity contribution >= 4 is 23.2 Å². The Kier molecular flexibility index (Phi) is 6.42. The summed E-state index contributed by atoms with van der Waals surface area (Å²) in [5.41, 5.74) is 4.59. The molecule has 3 rings (SSSR count). The number of benzene rings is 2. The highest BCUT2D eigenvalue weighted by Crippen LogP contribution is 2.31.